The molecule has 0 saturated heterocycles. The maximum Gasteiger partial charge on any atom is 0.306 e. The first-order valence-corrected chi connectivity index (χ1v) is 6.89. The molecule has 0 spiro atoms. The van der Waals surface area contributed by atoms with Crippen molar-refractivity contribution < 1.29 is 14.6 Å². The van der Waals surface area contributed by atoms with E-state index in [-0.39, 0.29) is 18.1 Å². The fourth-order valence-corrected chi connectivity index (χ4v) is 3.51. The molecule has 2 unspecified atom stereocenters. The Bertz CT molecular complexity index is 273. The Balaban J connectivity index is 1.91. The number of aliphatic carboxylic acids is 1. The van der Waals surface area contributed by atoms with Crippen LogP contribution in [-0.4, -0.2) is 22.8 Å². The number of carboxylic acid groups (broad SMARTS) is 1. The molecule has 2 rings (SSSR count). The van der Waals surface area contributed by atoms with Crippen molar-refractivity contribution in [3.05, 3.63) is 0 Å². The minimum Gasteiger partial charge on any atom is -0.481 e. The molecule has 0 aliphatic heterocycles. The lowest BCUT2D eigenvalue weighted by atomic mass is 9.76. The highest BCUT2D eigenvalue weighted by atomic mass is 16.5. The summed E-state index contributed by atoms with van der Waals surface area (Å²) < 4.78 is 6.19. The van der Waals surface area contributed by atoms with Gasteiger partial charge in [0.25, 0.3) is 0 Å². The van der Waals surface area contributed by atoms with Crippen molar-refractivity contribution in [2.24, 2.45) is 11.8 Å². The minimum atomic E-state index is -0.721. The number of hydrogen-bond donors (Lipinski definition) is 1. The van der Waals surface area contributed by atoms with Crippen LogP contribution in [0.2, 0.25) is 0 Å². The number of ether oxygens (including phenoxy) is 1. The second-order valence-electron chi connectivity index (χ2n) is 6.26. The molecule has 3 heteroatoms. The summed E-state index contributed by atoms with van der Waals surface area (Å²) in [6.07, 6.45) is 6.94. The second kappa shape index (κ2) is 4.97. The zero-order valence-corrected chi connectivity index (χ0v) is 10.9. The second-order valence-corrected chi connectivity index (χ2v) is 6.26. The van der Waals surface area contributed by atoms with E-state index in [2.05, 4.69) is 13.8 Å². The van der Waals surface area contributed by atoms with Crippen LogP contribution < -0.4 is 0 Å². The summed E-state index contributed by atoms with van der Waals surface area (Å²) in [7, 11) is 0. The molecule has 0 bridgehead atoms. The average molecular weight is 240 g/mol. The third-order valence-corrected chi connectivity index (χ3v) is 4.29. The quantitative estimate of drug-likeness (QED) is 0.820. The minimum absolute atomic E-state index is 0.187. The highest BCUT2D eigenvalue weighted by molar-refractivity contribution is 5.68. The van der Waals surface area contributed by atoms with Gasteiger partial charge >= 0.3 is 5.97 Å². The first-order valence-electron chi connectivity index (χ1n) is 6.89. The van der Waals surface area contributed by atoms with E-state index < -0.39 is 5.97 Å². The molecule has 3 nitrogen and oxygen atoms in total. The fourth-order valence-electron chi connectivity index (χ4n) is 3.51. The molecule has 0 heterocycles. The molecule has 0 radical (unpaired) electrons. The Morgan fingerprint density at radius 1 is 1.24 bits per heavy atom. The van der Waals surface area contributed by atoms with Gasteiger partial charge in [0.15, 0.2) is 0 Å². The Morgan fingerprint density at radius 3 is 2.24 bits per heavy atom. The van der Waals surface area contributed by atoms with Gasteiger partial charge in [-0.15, -0.1) is 0 Å². The van der Waals surface area contributed by atoms with Crippen LogP contribution in [-0.2, 0) is 9.53 Å². The molecular weight excluding hydrogens is 216 g/mol. The summed E-state index contributed by atoms with van der Waals surface area (Å²) in [4.78, 5) is 10.9. The van der Waals surface area contributed by atoms with Crippen molar-refractivity contribution in [2.75, 3.05) is 0 Å². The van der Waals surface area contributed by atoms with Crippen LogP contribution in [0.25, 0.3) is 0 Å². The van der Waals surface area contributed by atoms with Crippen molar-refractivity contribution in [1.29, 1.82) is 0 Å². The van der Waals surface area contributed by atoms with E-state index in [0.29, 0.717) is 11.8 Å². The zero-order valence-electron chi connectivity index (χ0n) is 10.9. The molecule has 0 aromatic rings. The largest absolute Gasteiger partial charge is 0.481 e. The van der Waals surface area contributed by atoms with Crippen LogP contribution in [0.1, 0.15) is 58.8 Å². The topological polar surface area (TPSA) is 46.5 Å². The summed E-state index contributed by atoms with van der Waals surface area (Å²) in [6.45, 7) is 4.55. The summed E-state index contributed by atoms with van der Waals surface area (Å²) in [5.41, 5.74) is -0.326. The molecule has 0 amide bonds. The van der Waals surface area contributed by atoms with E-state index in [1.165, 1.54) is 6.42 Å². The van der Waals surface area contributed by atoms with Gasteiger partial charge in [0.1, 0.15) is 0 Å². The Hall–Kier alpha value is -0.570. The van der Waals surface area contributed by atoms with Gasteiger partial charge in [0.05, 0.1) is 18.1 Å². The third kappa shape index (κ3) is 3.21. The van der Waals surface area contributed by atoms with E-state index in [1.54, 1.807) is 0 Å². The van der Waals surface area contributed by atoms with Crippen LogP contribution in [0.5, 0.6) is 0 Å². The Morgan fingerprint density at radius 2 is 1.82 bits per heavy atom. The normalized spacial score (nSPS) is 36.2. The van der Waals surface area contributed by atoms with Gasteiger partial charge in [-0.25, -0.2) is 0 Å². The summed E-state index contributed by atoms with van der Waals surface area (Å²) in [5.74, 6) is 0.706. The molecule has 2 saturated carbocycles. The Kier molecular flexibility index (Phi) is 3.76. The molecule has 0 aromatic carbocycles. The molecular formula is C14H24O3. The zero-order chi connectivity index (χ0) is 12.5. The summed E-state index contributed by atoms with van der Waals surface area (Å²) in [5, 5.41) is 8.97. The fraction of sp³-hybridized carbons (Fsp3) is 0.929. The van der Waals surface area contributed by atoms with Gasteiger partial charge in [0, 0.05) is 0 Å². The number of carbonyl (C=O) groups is 1. The molecule has 2 fully saturated rings. The van der Waals surface area contributed by atoms with Gasteiger partial charge in [-0.1, -0.05) is 13.8 Å². The smallest absolute Gasteiger partial charge is 0.306 e. The number of hydrogen-bond acceptors (Lipinski definition) is 2. The van der Waals surface area contributed by atoms with E-state index in [9.17, 15) is 4.79 Å². The first-order chi connectivity index (χ1) is 7.99. The predicted octanol–water partition coefficient (Wildman–Crippen LogP) is 3.23. The lowest BCUT2D eigenvalue weighted by Crippen LogP contribution is -2.46. The van der Waals surface area contributed by atoms with Crippen molar-refractivity contribution >= 4 is 5.97 Å². The molecule has 98 valence electrons. The van der Waals surface area contributed by atoms with Gasteiger partial charge in [-0.05, 0) is 50.4 Å². The maximum atomic E-state index is 10.9. The average Bonchev–Trinajstić information content (AvgIpc) is 2.11. The number of rotatable bonds is 4. The molecule has 17 heavy (non-hydrogen) atoms. The van der Waals surface area contributed by atoms with Gasteiger partial charge in [-0.3, -0.25) is 4.79 Å². The van der Waals surface area contributed by atoms with E-state index in [1.807, 2.05) is 0 Å². The van der Waals surface area contributed by atoms with Crippen molar-refractivity contribution in [3.63, 3.8) is 0 Å². The van der Waals surface area contributed by atoms with Crippen LogP contribution in [0.15, 0.2) is 0 Å². The highest BCUT2D eigenvalue weighted by Crippen LogP contribution is 2.42. The van der Waals surface area contributed by atoms with E-state index in [0.717, 1.165) is 32.1 Å². The van der Waals surface area contributed by atoms with Crippen LogP contribution in [0.3, 0.4) is 0 Å². The van der Waals surface area contributed by atoms with Gasteiger partial charge < -0.3 is 9.84 Å². The van der Waals surface area contributed by atoms with Crippen LogP contribution >= 0.6 is 0 Å². The molecule has 2 aliphatic carbocycles. The van der Waals surface area contributed by atoms with Gasteiger partial charge in [-0.2, -0.15) is 0 Å². The summed E-state index contributed by atoms with van der Waals surface area (Å²) >= 11 is 0. The van der Waals surface area contributed by atoms with Crippen molar-refractivity contribution in [2.45, 2.75) is 70.5 Å². The first kappa shape index (κ1) is 12.9. The predicted molar refractivity (Wildman–Crippen MR) is 65.9 cm³/mol. The van der Waals surface area contributed by atoms with E-state index >= 15 is 0 Å². The maximum absolute atomic E-state index is 10.9. The molecule has 2 aliphatic rings. The lowest BCUT2D eigenvalue weighted by Gasteiger charge is -2.45. The van der Waals surface area contributed by atoms with Crippen LogP contribution in [0, 0.1) is 11.8 Å². The third-order valence-electron chi connectivity index (χ3n) is 4.29. The standard InChI is InChI=1S/C14H24O3/c1-10-6-11(2)8-12(7-10)17-14(4-3-5-14)9-13(15)16/h10-12H,3-9H2,1-2H3,(H,15,16). The van der Waals surface area contributed by atoms with Crippen molar-refractivity contribution in [3.8, 4) is 0 Å². The molecule has 0 aromatic heterocycles. The highest BCUT2D eigenvalue weighted by Gasteiger charge is 2.43. The monoisotopic (exact) mass is 240 g/mol. The lowest BCUT2D eigenvalue weighted by molar-refractivity contribution is -0.174. The molecule has 1 N–H and O–H groups in total. The number of carboxylic acids is 1. The van der Waals surface area contributed by atoms with Crippen LogP contribution in [0.4, 0.5) is 0 Å². The van der Waals surface area contributed by atoms with Crippen molar-refractivity contribution in [1.82, 2.24) is 0 Å². The van der Waals surface area contributed by atoms with Gasteiger partial charge in [0.2, 0.25) is 0 Å². The van der Waals surface area contributed by atoms with E-state index in [4.69, 9.17) is 9.84 Å². The Labute approximate surface area is 104 Å². The SMILES string of the molecule is CC1CC(C)CC(OC2(CC(=O)O)CCC2)C1. The molecule has 2 atom stereocenters. The summed E-state index contributed by atoms with van der Waals surface area (Å²) in [6, 6.07) is 0.